The van der Waals surface area contributed by atoms with Crippen molar-refractivity contribution in [3.8, 4) is 5.75 Å². The number of aryl methyl sites for hydroxylation is 2. The summed E-state index contributed by atoms with van der Waals surface area (Å²) in [5, 5.41) is 2.88. The number of hydrogen-bond acceptors (Lipinski definition) is 2. The molecule has 0 aliphatic carbocycles. The van der Waals surface area contributed by atoms with Gasteiger partial charge in [0.05, 0.1) is 0 Å². The summed E-state index contributed by atoms with van der Waals surface area (Å²) in [6.07, 6.45) is 1.93. The largest absolute Gasteiger partial charge is 0.481 e. The number of para-hydroxylation sites is 1. The number of benzene rings is 2. The van der Waals surface area contributed by atoms with E-state index in [9.17, 15) is 9.18 Å². The SMILES string of the molecule is CCc1ccccc1O[C@H](C)C(=O)NCCCc1ccc(F)cc1. The molecule has 24 heavy (non-hydrogen) atoms. The molecule has 1 atom stereocenters. The molecule has 0 saturated heterocycles. The van der Waals surface area contributed by atoms with Crippen molar-refractivity contribution in [1.82, 2.24) is 5.32 Å². The minimum atomic E-state index is -0.538. The zero-order chi connectivity index (χ0) is 17.4. The number of hydrogen-bond donors (Lipinski definition) is 1. The Labute approximate surface area is 142 Å². The number of halogens is 1. The molecule has 0 unspecified atom stereocenters. The van der Waals surface area contributed by atoms with Gasteiger partial charge in [-0.25, -0.2) is 4.39 Å². The first-order valence-corrected chi connectivity index (χ1v) is 8.37. The Morgan fingerprint density at radius 3 is 2.58 bits per heavy atom. The molecule has 1 amide bonds. The Kier molecular flexibility index (Phi) is 6.79. The second-order valence-corrected chi connectivity index (χ2v) is 5.74. The number of ether oxygens (including phenoxy) is 1. The first-order valence-electron chi connectivity index (χ1n) is 8.37. The summed E-state index contributed by atoms with van der Waals surface area (Å²) in [5.41, 5.74) is 2.15. The fourth-order valence-corrected chi connectivity index (χ4v) is 2.45. The number of amides is 1. The summed E-state index contributed by atoms with van der Waals surface area (Å²) in [6, 6.07) is 14.2. The lowest BCUT2D eigenvalue weighted by molar-refractivity contribution is -0.127. The first-order chi connectivity index (χ1) is 11.6. The summed E-state index contributed by atoms with van der Waals surface area (Å²) in [6.45, 7) is 4.38. The molecule has 2 rings (SSSR count). The van der Waals surface area contributed by atoms with Crippen LogP contribution in [0.15, 0.2) is 48.5 Å². The van der Waals surface area contributed by atoms with Gasteiger partial charge in [0.25, 0.3) is 5.91 Å². The van der Waals surface area contributed by atoms with E-state index in [-0.39, 0.29) is 11.7 Å². The molecule has 0 fully saturated rings. The minimum Gasteiger partial charge on any atom is -0.481 e. The van der Waals surface area contributed by atoms with Crippen LogP contribution in [-0.4, -0.2) is 18.6 Å². The van der Waals surface area contributed by atoms with Crippen LogP contribution in [0.5, 0.6) is 5.75 Å². The standard InChI is InChI=1S/C20H24FNO2/c1-3-17-8-4-5-9-19(17)24-15(2)20(23)22-14-6-7-16-10-12-18(21)13-11-16/h4-5,8-13,15H,3,6-7,14H2,1-2H3,(H,22,23)/t15-/m1/s1. The zero-order valence-corrected chi connectivity index (χ0v) is 14.2. The van der Waals surface area contributed by atoms with Gasteiger partial charge in [0.1, 0.15) is 11.6 Å². The predicted octanol–water partition coefficient (Wildman–Crippen LogP) is 3.90. The van der Waals surface area contributed by atoms with Crippen LogP contribution in [0.25, 0.3) is 0 Å². The Balaban J connectivity index is 1.74. The summed E-state index contributed by atoms with van der Waals surface area (Å²) >= 11 is 0. The van der Waals surface area contributed by atoms with Crippen molar-refractivity contribution >= 4 is 5.91 Å². The summed E-state index contributed by atoms with van der Waals surface area (Å²) in [4.78, 5) is 12.1. The number of carbonyl (C=O) groups excluding carboxylic acids is 1. The summed E-state index contributed by atoms with van der Waals surface area (Å²) in [7, 11) is 0. The zero-order valence-electron chi connectivity index (χ0n) is 14.2. The van der Waals surface area contributed by atoms with E-state index in [4.69, 9.17) is 4.74 Å². The van der Waals surface area contributed by atoms with Crippen molar-refractivity contribution in [2.24, 2.45) is 0 Å². The van der Waals surface area contributed by atoms with Gasteiger partial charge < -0.3 is 10.1 Å². The molecule has 0 bridgehead atoms. The number of rotatable bonds is 8. The van der Waals surface area contributed by atoms with Crippen LogP contribution in [0, 0.1) is 5.82 Å². The maximum Gasteiger partial charge on any atom is 0.260 e. The Morgan fingerprint density at radius 2 is 1.88 bits per heavy atom. The van der Waals surface area contributed by atoms with Crippen molar-refractivity contribution in [3.63, 3.8) is 0 Å². The highest BCUT2D eigenvalue weighted by atomic mass is 19.1. The highest BCUT2D eigenvalue weighted by Gasteiger charge is 2.15. The van der Waals surface area contributed by atoms with Gasteiger partial charge >= 0.3 is 0 Å². The molecule has 2 aromatic rings. The molecule has 2 aromatic carbocycles. The van der Waals surface area contributed by atoms with Gasteiger partial charge in [-0.3, -0.25) is 4.79 Å². The Hall–Kier alpha value is -2.36. The molecular formula is C20H24FNO2. The molecule has 0 aromatic heterocycles. The van der Waals surface area contributed by atoms with Crippen LogP contribution >= 0.6 is 0 Å². The average molecular weight is 329 g/mol. The third-order valence-electron chi connectivity index (χ3n) is 3.88. The molecule has 3 nitrogen and oxygen atoms in total. The van der Waals surface area contributed by atoms with Gasteiger partial charge in [-0.15, -0.1) is 0 Å². The van der Waals surface area contributed by atoms with E-state index in [0.717, 1.165) is 36.1 Å². The fraction of sp³-hybridized carbons (Fsp3) is 0.350. The predicted molar refractivity (Wildman–Crippen MR) is 93.6 cm³/mol. The van der Waals surface area contributed by atoms with E-state index in [1.807, 2.05) is 24.3 Å². The monoisotopic (exact) mass is 329 g/mol. The molecule has 1 N–H and O–H groups in total. The topological polar surface area (TPSA) is 38.3 Å². The van der Waals surface area contributed by atoms with E-state index in [1.54, 1.807) is 19.1 Å². The number of nitrogens with one attached hydrogen (secondary N) is 1. The average Bonchev–Trinajstić information content (AvgIpc) is 2.60. The number of carbonyl (C=O) groups is 1. The lowest BCUT2D eigenvalue weighted by Crippen LogP contribution is -2.37. The minimum absolute atomic E-state index is 0.125. The second-order valence-electron chi connectivity index (χ2n) is 5.74. The van der Waals surface area contributed by atoms with E-state index in [1.165, 1.54) is 12.1 Å². The third-order valence-corrected chi connectivity index (χ3v) is 3.88. The molecule has 0 saturated carbocycles. The van der Waals surface area contributed by atoms with Gasteiger partial charge in [-0.05, 0) is 55.5 Å². The normalized spacial score (nSPS) is 11.8. The fourth-order valence-electron chi connectivity index (χ4n) is 2.45. The van der Waals surface area contributed by atoms with Gasteiger partial charge in [-0.2, -0.15) is 0 Å². The van der Waals surface area contributed by atoms with Crippen molar-refractivity contribution in [2.45, 2.75) is 39.2 Å². The Morgan fingerprint density at radius 1 is 1.17 bits per heavy atom. The molecule has 0 aliphatic rings. The molecule has 4 heteroatoms. The molecule has 0 heterocycles. The van der Waals surface area contributed by atoms with Crippen LogP contribution in [-0.2, 0) is 17.6 Å². The lowest BCUT2D eigenvalue weighted by Gasteiger charge is -2.16. The van der Waals surface area contributed by atoms with Crippen LogP contribution < -0.4 is 10.1 Å². The van der Waals surface area contributed by atoms with Crippen LogP contribution in [0.4, 0.5) is 4.39 Å². The second kappa shape index (κ2) is 9.06. The van der Waals surface area contributed by atoms with Gasteiger partial charge in [0.15, 0.2) is 6.10 Å². The van der Waals surface area contributed by atoms with Crippen molar-refractivity contribution in [3.05, 3.63) is 65.5 Å². The smallest absolute Gasteiger partial charge is 0.260 e. The van der Waals surface area contributed by atoms with Gasteiger partial charge in [0.2, 0.25) is 0 Å². The lowest BCUT2D eigenvalue weighted by atomic mass is 10.1. The van der Waals surface area contributed by atoms with Crippen LogP contribution in [0.1, 0.15) is 31.4 Å². The quantitative estimate of drug-likeness (QED) is 0.746. The van der Waals surface area contributed by atoms with E-state index >= 15 is 0 Å². The van der Waals surface area contributed by atoms with Gasteiger partial charge in [0, 0.05) is 6.54 Å². The van der Waals surface area contributed by atoms with Crippen molar-refractivity contribution in [1.29, 1.82) is 0 Å². The molecular weight excluding hydrogens is 305 g/mol. The maximum absolute atomic E-state index is 12.8. The highest BCUT2D eigenvalue weighted by molar-refractivity contribution is 5.80. The van der Waals surface area contributed by atoms with Crippen LogP contribution in [0.2, 0.25) is 0 Å². The Bertz CT molecular complexity index is 655. The summed E-state index contributed by atoms with van der Waals surface area (Å²) < 4.78 is 18.6. The first kappa shape index (κ1) is 18.0. The van der Waals surface area contributed by atoms with Crippen molar-refractivity contribution < 1.29 is 13.9 Å². The van der Waals surface area contributed by atoms with Crippen molar-refractivity contribution in [2.75, 3.05) is 6.54 Å². The summed E-state index contributed by atoms with van der Waals surface area (Å²) in [5.74, 6) is 0.402. The maximum atomic E-state index is 12.8. The van der Waals surface area contributed by atoms with E-state index < -0.39 is 6.10 Å². The molecule has 128 valence electrons. The van der Waals surface area contributed by atoms with E-state index in [0.29, 0.717) is 6.54 Å². The van der Waals surface area contributed by atoms with E-state index in [2.05, 4.69) is 12.2 Å². The molecule has 0 spiro atoms. The highest BCUT2D eigenvalue weighted by Crippen LogP contribution is 2.19. The van der Waals surface area contributed by atoms with Crippen LogP contribution in [0.3, 0.4) is 0 Å². The molecule has 0 radical (unpaired) electrons. The molecule has 0 aliphatic heterocycles. The third kappa shape index (κ3) is 5.37. The van der Waals surface area contributed by atoms with Gasteiger partial charge in [-0.1, -0.05) is 37.3 Å².